The Morgan fingerprint density at radius 3 is 3.00 bits per heavy atom. The van der Waals surface area contributed by atoms with Gasteiger partial charge in [0.05, 0.1) is 24.7 Å². The minimum Gasteiger partial charge on any atom is -0.495 e. The molecule has 24 heavy (non-hydrogen) atoms. The molecule has 0 radical (unpaired) electrons. The lowest BCUT2D eigenvalue weighted by molar-refractivity contribution is 0.414. The average molecular weight is 349 g/mol. The molecule has 0 unspecified atom stereocenters. The Balaban J connectivity index is 1.63. The number of hydrogen-bond acceptors (Lipinski definition) is 5. The van der Waals surface area contributed by atoms with E-state index in [0.29, 0.717) is 11.6 Å². The first-order valence-corrected chi connectivity index (χ1v) is 8.31. The lowest BCUT2D eigenvalue weighted by Crippen LogP contribution is -2.24. The third-order valence-corrected chi connectivity index (χ3v) is 4.74. The van der Waals surface area contributed by atoms with Gasteiger partial charge < -0.3 is 15.0 Å². The molecule has 128 valence electrons. The van der Waals surface area contributed by atoms with E-state index in [-0.39, 0.29) is 10.6 Å². The van der Waals surface area contributed by atoms with Crippen LogP contribution in [0, 0.1) is 5.92 Å². The summed E-state index contributed by atoms with van der Waals surface area (Å²) in [7, 11) is 3.28. The molecule has 1 aromatic heterocycles. The van der Waals surface area contributed by atoms with E-state index >= 15 is 0 Å². The number of benzene rings is 1. The summed E-state index contributed by atoms with van der Waals surface area (Å²) in [4.78, 5) is 14.1. The summed E-state index contributed by atoms with van der Waals surface area (Å²) >= 11 is 6.09. The highest BCUT2D eigenvalue weighted by Gasteiger charge is 2.24. The first kappa shape index (κ1) is 16.6. The molecule has 2 aromatic rings. The van der Waals surface area contributed by atoms with Gasteiger partial charge in [0.1, 0.15) is 10.8 Å². The van der Waals surface area contributed by atoms with E-state index in [1.54, 1.807) is 20.4 Å². The molecular formula is C17H21ClN4O2. The summed E-state index contributed by atoms with van der Waals surface area (Å²) in [5, 5.41) is 7.45. The van der Waals surface area contributed by atoms with Gasteiger partial charge in [-0.1, -0.05) is 23.7 Å². The molecule has 0 amide bonds. The predicted molar refractivity (Wildman–Crippen MR) is 96.3 cm³/mol. The molecule has 1 aliphatic rings. The van der Waals surface area contributed by atoms with Crippen molar-refractivity contribution in [3.05, 3.63) is 45.8 Å². The van der Waals surface area contributed by atoms with Crippen LogP contribution < -0.4 is 20.5 Å². The van der Waals surface area contributed by atoms with Gasteiger partial charge in [-0.2, -0.15) is 5.10 Å². The second-order valence-electron chi connectivity index (χ2n) is 5.95. The van der Waals surface area contributed by atoms with Gasteiger partial charge in [-0.05, 0) is 24.5 Å². The Labute approximate surface area is 146 Å². The Kier molecular flexibility index (Phi) is 4.94. The van der Waals surface area contributed by atoms with Crippen molar-refractivity contribution in [2.75, 3.05) is 37.0 Å². The molecule has 1 N–H and O–H groups in total. The molecule has 7 heteroatoms. The SMILES string of the molecule is COc1ccccc1N1CC[C@@H](CNc2cnn(C)c(=O)c2Cl)C1. The van der Waals surface area contributed by atoms with E-state index in [4.69, 9.17) is 16.3 Å². The molecule has 0 spiro atoms. The summed E-state index contributed by atoms with van der Waals surface area (Å²) < 4.78 is 6.67. The van der Waals surface area contributed by atoms with Crippen molar-refractivity contribution >= 4 is 23.0 Å². The number of nitrogens with zero attached hydrogens (tertiary/aromatic N) is 3. The van der Waals surface area contributed by atoms with Crippen LogP contribution in [0.25, 0.3) is 0 Å². The van der Waals surface area contributed by atoms with Crippen molar-refractivity contribution in [3.8, 4) is 5.75 Å². The Hall–Kier alpha value is -2.21. The maximum absolute atomic E-state index is 11.8. The number of halogens is 1. The highest BCUT2D eigenvalue weighted by Crippen LogP contribution is 2.32. The normalized spacial score (nSPS) is 17.1. The van der Waals surface area contributed by atoms with E-state index in [1.807, 2.05) is 18.2 Å². The molecule has 0 saturated carbocycles. The second-order valence-corrected chi connectivity index (χ2v) is 6.33. The Bertz CT molecular complexity index is 777. The van der Waals surface area contributed by atoms with Crippen LogP contribution in [0.15, 0.2) is 35.3 Å². The van der Waals surface area contributed by atoms with Crippen molar-refractivity contribution in [2.45, 2.75) is 6.42 Å². The maximum Gasteiger partial charge on any atom is 0.287 e. The lowest BCUT2D eigenvalue weighted by atomic mass is 10.1. The zero-order valence-electron chi connectivity index (χ0n) is 13.8. The number of anilines is 2. The third-order valence-electron chi connectivity index (χ3n) is 4.37. The van der Waals surface area contributed by atoms with Gasteiger partial charge in [0, 0.05) is 26.7 Å². The number of rotatable bonds is 5. The molecule has 6 nitrogen and oxygen atoms in total. The largest absolute Gasteiger partial charge is 0.495 e. The lowest BCUT2D eigenvalue weighted by Gasteiger charge is -2.21. The summed E-state index contributed by atoms with van der Waals surface area (Å²) in [6.45, 7) is 2.67. The molecular weight excluding hydrogens is 328 g/mol. The molecule has 1 aliphatic heterocycles. The number of nitrogens with one attached hydrogen (secondary N) is 1. The zero-order valence-corrected chi connectivity index (χ0v) is 14.6. The van der Waals surface area contributed by atoms with Gasteiger partial charge in [-0.25, -0.2) is 4.68 Å². The van der Waals surface area contributed by atoms with Crippen LogP contribution in [0.2, 0.25) is 5.02 Å². The standard InChI is InChI=1S/C17H21ClN4O2/c1-21-17(23)16(18)13(10-20-21)19-9-12-7-8-22(11-12)14-5-3-4-6-15(14)24-2/h3-6,10,12,19H,7-9,11H2,1-2H3/t12-/m0/s1. The fourth-order valence-electron chi connectivity index (χ4n) is 3.00. The molecule has 1 aromatic carbocycles. The number of aromatic nitrogens is 2. The van der Waals surface area contributed by atoms with Crippen molar-refractivity contribution in [1.29, 1.82) is 0 Å². The number of hydrogen-bond donors (Lipinski definition) is 1. The van der Waals surface area contributed by atoms with Crippen LogP contribution in [0.4, 0.5) is 11.4 Å². The van der Waals surface area contributed by atoms with Crippen LogP contribution in [-0.2, 0) is 7.05 Å². The van der Waals surface area contributed by atoms with Crippen molar-refractivity contribution in [1.82, 2.24) is 9.78 Å². The van der Waals surface area contributed by atoms with Gasteiger partial charge in [0.15, 0.2) is 0 Å². The van der Waals surface area contributed by atoms with Crippen molar-refractivity contribution in [2.24, 2.45) is 13.0 Å². The molecule has 1 fully saturated rings. The number of para-hydroxylation sites is 2. The van der Waals surface area contributed by atoms with Crippen LogP contribution in [0.3, 0.4) is 0 Å². The highest BCUT2D eigenvalue weighted by molar-refractivity contribution is 6.32. The summed E-state index contributed by atoms with van der Waals surface area (Å²) in [5.74, 6) is 1.36. The first-order valence-electron chi connectivity index (χ1n) is 7.93. The highest BCUT2D eigenvalue weighted by atomic mass is 35.5. The zero-order chi connectivity index (χ0) is 17.1. The summed E-state index contributed by atoms with van der Waals surface area (Å²) in [5.41, 5.74) is 1.43. The van der Waals surface area contributed by atoms with E-state index in [0.717, 1.165) is 37.5 Å². The Morgan fingerprint density at radius 1 is 1.42 bits per heavy atom. The maximum atomic E-state index is 11.8. The fourth-order valence-corrected chi connectivity index (χ4v) is 3.24. The van der Waals surface area contributed by atoms with Gasteiger partial charge in [-0.15, -0.1) is 0 Å². The van der Waals surface area contributed by atoms with Gasteiger partial charge >= 0.3 is 0 Å². The topological polar surface area (TPSA) is 59.4 Å². The van der Waals surface area contributed by atoms with Crippen LogP contribution in [0.5, 0.6) is 5.75 Å². The molecule has 2 heterocycles. The van der Waals surface area contributed by atoms with Gasteiger partial charge in [-0.3, -0.25) is 4.79 Å². The minimum absolute atomic E-state index is 0.187. The van der Waals surface area contributed by atoms with Crippen LogP contribution >= 0.6 is 11.6 Å². The summed E-state index contributed by atoms with van der Waals surface area (Å²) in [6.07, 6.45) is 2.66. The average Bonchev–Trinajstić information content (AvgIpc) is 3.08. The Morgan fingerprint density at radius 2 is 2.21 bits per heavy atom. The molecule has 1 saturated heterocycles. The monoisotopic (exact) mass is 348 g/mol. The number of aryl methyl sites for hydroxylation is 1. The molecule has 3 rings (SSSR count). The fraction of sp³-hybridized carbons (Fsp3) is 0.412. The van der Waals surface area contributed by atoms with Gasteiger partial charge in [0.2, 0.25) is 0 Å². The second kappa shape index (κ2) is 7.13. The minimum atomic E-state index is -0.288. The van der Waals surface area contributed by atoms with E-state index in [9.17, 15) is 4.79 Å². The third kappa shape index (κ3) is 3.33. The van der Waals surface area contributed by atoms with Crippen LogP contribution in [0.1, 0.15) is 6.42 Å². The first-order chi connectivity index (χ1) is 11.6. The van der Waals surface area contributed by atoms with Gasteiger partial charge in [0.25, 0.3) is 5.56 Å². The smallest absolute Gasteiger partial charge is 0.287 e. The predicted octanol–water partition coefficient (Wildman–Crippen LogP) is 2.38. The summed E-state index contributed by atoms with van der Waals surface area (Å²) in [6, 6.07) is 8.05. The number of ether oxygens (including phenoxy) is 1. The quantitative estimate of drug-likeness (QED) is 0.899. The molecule has 0 bridgehead atoms. The van der Waals surface area contributed by atoms with E-state index in [1.165, 1.54) is 4.68 Å². The molecule has 1 atom stereocenters. The van der Waals surface area contributed by atoms with Crippen molar-refractivity contribution < 1.29 is 4.74 Å². The molecule has 0 aliphatic carbocycles. The van der Waals surface area contributed by atoms with E-state index in [2.05, 4.69) is 21.4 Å². The number of methoxy groups -OCH3 is 1. The van der Waals surface area contributed by atoms with Crippen molar-refractivity contribution in [3.63, 3.8) is 0 Å². The van der Waals surface area contributed by atoms with Crippen LogP contribution in [-0.4, -0.2) is 36.5 Å². The van der Waals surface area contributed by atoms with E-state index < -0.39 is 0 Å².